The molecule has 0 N–H and O–H groups in total. The SMILES string of the molecule is Cc1c(C=NN=C(C(=O)c2ccccc2)c2ccccc2)cc(C#N)n1C. The summed E-state index contributed by atoms with van der Waals surface area (Å²) in [6.45, 7) is 1.90. The molecule has 0 amide bonds. The van der Waals surface area contributed by atoms with Crippen LogP contribution in [0.15, 0.2) is 76.9 Å². The molecule has 5 nitrogen and oxygen atoms in total. The molecule has 132 valence electrons. The number of hydrogen-bond acceptors (Lipinski definition) is 4. The lowest BCUT2D eigenvalue weighted by atomic mass is 10.0. The number of nitrogens with zero attached hydrogens (tertiary/aromatic N) is 4. The summed E-state index contributed by atoms with van der Waals surface area (Å²) in [6.07, 6.45) is 1.57. The van der Waals surface area contributed by atoms with Gasteiger partial charge in [-0.05, 0) is 13.0 Å². The minimum absolute atomic E-state index is 0.193. The van der Waals surface area contributed by atoms with Gasteiger partial charge in [-0.15, -0.1) is 5.10 Å². The molecule has 3 aromatic rings. The third kappa shape index (κ3) is 3.91. The van der Waals surface area contributed by atoms with Crippen LogP contribution in [-0.2, 0) is 7.05 Å². The van der Waals surface area contributed by atoms with Gasteiger partial charge in [-0.3, -0.25) is 4.79 Å². The standard InChI is InChI=1S/C22H18N4O/c1-16-19(13-20(14-23)26(16)2)15-24-25-21(17-9-5-3-6-10-17)22(27)18-11-7-4-8-12-18/h3-13,15H,1-2H3. The van der Waals surface area contributed by atoms with Gasteiger partial charge in [0, 0.05) is 29.4 Å². The van der Waals surface area contributed by atoms with E-state index in [9.17, 15) is 4.79 Å². The Kier molecular flexibility index (Phi) is 5.38. The Balaban J connectivity index is 1.99. The number of nitriles is 1. The van der Waals surface area contributed by atoms with E-state index in [1.807, 2.05) is 62.5 Å². The molecular formula is C22H18N4O. The Bertz CT molecular complexity index is 1050. The molecule has 1 aromatic heterocycles. The summed E-state index contributed by atoms with van der Waals surface area (Å²) in [5.74, 6) is -0.193. The molecule has 0 radical (unpaired) electrons. The minimum Gasteiger partial charge on any atom is -0.339 e. The summed E-state index contributed by atoms with van der Waals surface area (Å²) < 4.78 is 1.79. The zero-order chi connectivity index (χ0) is 19.2. The van der Waals surface area contributed by atoms with Crippen molar-refractivity contribution in [3.8, 4) is 6.07 Å². The predicted octanol–water partition coefficient (Wildman–Crippen LogP) is 3.91. The predicted molar refractivity (Wildman–Crippen MR) is 106 cm³/mol. The van der Waals surface area contributed by atoms with Gasteiger partial charge in [0.2, 0.25) is 5.78 Å². The van der Waals surface area contributed by atoms with Gasteiger partial charge >= 0.3 is 0 Å². The molecule has 0 unspecified atom stereocenters. The molecule has 0 saturated heterocycles. The van der Waals surface area contributed by atoms with Gasteiger partial charge in [-0.25, -0.2) is 0 Å². The zero-order valence-electron chi connectivity index (χ0n) is 15.1. The highest BCUT2D eigenvalue weighted by atomic mass is 16.1. The van der Waals surface area contributed by atoms with E-state index >= 15 is 0 Å². The average Bonchev–Trinajstić information content (AvgIpc) is 3.00. The van der Waals surface area contributed by atoms with Crippen molar-refractivity contribution in [2.24, 2.45) is 17.3 Å². The van der Waals surface area contributed by atoms with E-state index in [0.717, 1.165) is 11.3 Å². The maximum absolute atomic E-state index is 12.9. The lowest BCUT2D eigenvalue weighted by Crippen LogP contribution is -2.15. The van der Waals surface area contributed by atoms with Crippen molar-refractivity contribution < 1.29 is 4.79 Å². The van der Waals surface area contributed by atoms with E-state index in [4.69, 9.17) is 5.26 Å². The van der Waals surface area contributed by atoms with Gasteiger partial charge < -0.3 is 4.57 Å². The Morgan fingerprint density at radius 2 is 1.63 bits per heavy atom. The van der Waals surface area contributed by atoms with Crippen LogP contribution in [0.25, 0.3) is 0 Å². The topological polar surface area (TPSA) is 70.5 Å². The molecule has 0 aliphatic rings. The van der Waals surface area contributed by atoms with Crippen LogP contribution < -0.4 is 0 Å². The second-order valence-electron chi connectivity index (χ2n) is 6.00. The second kappa shape index (κ2) is 8.07. The van der Waals surface area contributed by atoms with Crippen LogP contribution in [0.3, 0.4) is 0 Å². The minimum atomic E-state index is -0.193. The van der Waals surface area contributed by atoms with E-state index < -0.39 is 0 Å². The molecule has 3 rings (SSSR count). The van der Waals surface area contributed by atoms with Crippen molar-refractivity contribution in [1.82, 2.24) is 4.57 Å². The summed E-state index contributed by atoms with van der Waals surface area (Å²) in [7, 11) is 1.82. The summed E-state index contributed by atoms with van der Waals surface area (Å²) >= 11 is 0. The number of ketones is 1. The molecule has 0 atom stereocenters. The fraction of sp³-hybridized carbons (Fsp3) is 0.0909. The van der Waals surface area contributed by atoms with Crippen LogP contribution in [-0.4, -0.2) is 22.3 Å². The molecule has 27 heavy (non-hydrogen) atoms. The second-order valence-corrected chi connectivity index (χ2v) is 6.00. The first kappa shape index (κ1) is 18.0. The number of rotatable bonds is 5. The number of Topliss-reactive ketones (excluding diaryl/α,β-unsaturated/α-hetero) is 1. The molecular weight excluding hydrogens is 336 g/mol. The van der Waals surface area contributed by atoms with Crippen LogP contribution in [0.4, 0.5) is 0 Å². The molecule has 0 aliphatic heterocycles. The third-order valence-corrected chi connectivity index (χ3v) is 4.34. The van der Waals surface area contributed by atoms with E-state index in [0.29, 0.717) is 16.8 Å². The quantitative estimate of drug-likeness (QED) is 0.396. The number of carbonyl (C=O) groups excluding carboxylic acids is 1. The van der Waals surface area contributed by atoms with Crippen molar-refractivity contribution in [3.63, 3.8) is 0 Å². The Labute approximate surface area is 157 Å². The number of hydrogen-bond donors (Lipinski definition) is 0. The molecule has 5 heteroatoms. The van der Waals surface area contributed by atoms with Gasteiger partial charge in [0.25, 0.3) is 0 Å². The third-order valence-electron chi connectivity index (χ3n) is 4.34. The first-order chi connectivity index (χ1) is 13.1. The van der Waals surface area contributed by atoms with Crippen LogP contribution >= 0.6 is 0 Å². The van der Waals surface area contributed by atoms with Crippen molar-refractivity contribution in [1.29, 1.82) is 5.26 Å². The van der Waals surface area contributed by atoms with Crippen LogP contribution in [0.5, 0.6) is 0 Å². The number of carbonyl (C=O) groups is 1. The molecule has 0 spiro atoms. The van der Waals surface area contributed by atoms with E-state index in [1.165, 1.54) is 0 Å². The van der Waals surface area contributed by atoms with Crippen molar-refractivity contribution in [2.75, 3.05) is 0 Å². The molecule has 0 fully saturated rings. The molecule has 0 aliphatic carbocycles. The highest BCUT2D eigenvalue weighted by Crippen LogP contribution is 2.12. The summed E-state index contributed by atoms with van der Waals surface area (Å²) in [5.41, 5.74) is 3.76. The molecule has 0 saturated carbocycles. The monoisotopic (exact) mass is 354 g/mol. The van der Waals surface area contributed by atoms with Crippen molar-refractivity contribution in [3.05, 3.63) is 94.8 Å². The maximum atomic E-state index is 12.9. The first-order valence-electron chi connectivity index (χ1n) is 8.44. The maximum Gasteiger partial charge on any atom is 0.213 e. The lowest BCUT2D eigenvalue weighted by molar-refractivity contribution is 0.106. The van der Waals surface area contributed by atoms with Crippen LogP contribution in [0.2, 0.25) is 0 Å². The smallest absolute Gasteiger partial charge is 0.213 e. The van der Waals surface area contributed by atoms with Gasteiger partial charge in [-0.1, -0.05) is 60.7 Å². The molecule has 1 heterocycles. The van der Waals surface area contributed by atoms with Gasteiger partial charge in [-0.2, -0.15) is 10.4 Å². The Morgan fingerprint density at radius 3 is 2.19 bits per heavy atom. The average molecular weight is 354 g/mol. The highest BCUT2D eigenvalue weighted by molar-refractivity contribution is 6.51. The Morgan fingerprint density at radius 1 is 1.04 bits per heavy atom. The summed E-state index contributed by atoms with van der Waals surface area (Å²) in [6, 6.07) is 22.1. The largest absolute Gasteiger partial charge is 0.339 e. The molecule has 2 aromatic carbocycles. The Hall–Kier alpha value is -3.78. The van der Waals surface area contributed by atoms with E-state index in [-0.39, 0.29) is 11.5 Å². The van der Waals surface area contributed by atoms with Crippen LogP contribution in [0, 0.1) is 18.3 Å². The zero-order valence-corrected chi connectivity index (χ0v) is 15.1. The van der Waals surface area contributed by atoms with Crippen molar-refractivity contribution in [2.45, 2.75) is 6.92 Å². The normalized spacial score (nSPS) is 11.5. The summed E-state index contributed by atoms with van der Waals surface area (Å²) in [5, 5.41) is 17.5. The van der Waals surface area contributed by atoms with Gasteiger partial charge in [0.05, 0.1) is 6.21 Å². The number of benzene rings is 2. The fourth-order valence-electron chi connectivity index (χ4n) is 2.67. The number of aromatic nitrogens is 1. The molecule has 0 bridgehead atoms. The van der Waals surface area contributed by atoms with E-state index in [1.54, 1.807) is 29.0 Å². The summed E-state index contributed by atoms with van der Waals surface area (Å²) in [4.78, 5) is 12.9. The highest BCUT2D eigenvalue weighted by Gasteiger charge is 2.16. The van der Waals surface area contributed by atoms with Gasteiger partial charge in [0.15, 0.2) is 0 Å². The first-order valence-corrected chi connectivity index (χ1v) is 8.44. The van der Waals surface area contributed by atoms with Gasteiger partial charge in [0.1, 0.15) is 17.5 Å². The van der Waals surface area contributed by atoms with Crippen molar-refractivity contribution >= 4 is 17.7 Å². The van der Waals surface area contributed by atoms with Crippen LogP contribution in [0.1, 0.15) is 32.9 Å². The lowest BCUT2D eigenvalue weighted by Gasteiger charge is -2.04. The van der Waals surface area contributed by atoms with E-state index in [2.05, 4.69) is 16.3 Å². The fourth-order valence-corrected chi connectivity index (χ4v) is 2.67.